The van der Waals surface area contributed by atoms with E-state index in [4.69, 9.17) is 9.15 Å². The predicted molar refractivity (Wildman–Crippen MR) is 94.1 cm³/mol. The molecule has 0 aliphatic heterocycles. The van der Waals surface area contributed by atoms with Crippen LogP contribution in [0.15, 0.2) is 16.5 Å². The number of alkyl carbamates (subject to hydrolysis) is 1. The molecule has 0 bridgehead atoms. The van der Waals surface area contributed by atoms with Gasteiger partial charge in [0.15, 0.2) is 18.7 Å². The fraction of sp³-hybridized carbons (Fsp3) is 0.684. The van der Waals surface area contributed by atoms with Crippen LogP contribution in [0.3, 0.4) is 0 Å². The van der Waals surface area contributed by atoms with Gasteiger partial charge in [-0.3, -0.25) is 4.79 Å². The minimum atomic E-state index is -0.449. The Morgan fingerprint density at radius 2 is 1.67 bits per heavy atom. The summed E-state index contributed by atoms with van der Waals surface area (Å²) in [6.45, 7) is 2.91. The van der Waals surface area contributed by atoms with E-state index in [0.29, 0.717) is 18.6 Å². The molecule has 1 heterocycles. The molecule has 136 valence electrons. The summed E-state index contributed by atoms with van der Waals surface area (Å²) in [5.41, 5.74) is 0. The topological polar surface area (TPSA) is 68.5 Å². The highest BCUT2D eigenvalue weighted by Crippen LogP contribution is 2.10. The molecule has 1 N–H and O–H groups in total. The molecule has 0 atom stereocenters. The molecule has 5 nitrogen and oxygen atoms in total. The largest absolute Gasteiger partial charge is 0.455 e. The number of furan rings is 1. The van der Waals surface area contributed by atoms with Crippen LogP contribution in [0.1, 0.15) is 87.4 Å². The van der Waals surface area contributed by atoms with Crippen molar-refractivity contribution in [3.8, 4) is 0 Å². The molecule has 0 unspecified atom stereocenters. The van der Waals surface area contributed by atoms with Crippen LogP contribution in [0.5, 0.6) is 0 Å². The van der Waals surface area contributed by atoms with Crippen molar-refractivity contribution >= 4 is 12.4 Å². The highest BCUT2D eigenvalue weighted by Gasteiger charge is 2.05. The number of amides is 1. The van der Waals surface area contributed by atoms with Gasteiger partial charge in [0.25, 0.3) is 0 Å². The van der Waals surface area contributed by atoms with Crippen molar-refractivity contribution in [1.82, 2.24) is 5.32 Å². The Balaban J connectivity index is 1.88. The quantitative estimate of drug-likeness (QED) is 0.372. The summed E-state index contributed by atoms with van der Waals surface area (Å²) in [5, 5.41) is 2.73. The van der Waals surface area contributed by atoms with E-state index in [1.54, 1.807) is 12.1 Å². The van der Waals surface area contributed by atoms with Crippen molar-refractivity contribution in [1.29, 1.82) is 0 Å². The van der Waals surface area contributed by atoms with Crippen molar-refractivity contribution < 1.29 is 18.7 Å². The van der Waals surface area contributed by atoms with E-state index >= 15 is 0 Å². The number of carbonyl (C=O) groups excluding carboxylic acids is 2. The SMILES string of the molecule is CCCCCCCCCCCCNC(=O)OCc1ccc(C=O)o1. The lowest BCUT2D eigenvalue weighted by Gasteiger charge is -2.06. The van der Waals surface area contributed by atoms with Gasteiger partial charge >= 0.3 is 6.09 Å². The van der Waals surface area contributed by atoms with E-state index in [1.165, 1.54) is 51.4 Å². The molecule has 1 amide bonds. The molecule has 0 saturated heterocycles. The van der Waals surface area contributed by atoms with Gasteiger partial charge in [0, 0.05) is 6.54 Å². The van der Waals surface area contributed by atoms with Gasteiger partial charge in [-0.2, -0.15) is 0 Å². The second-order valence-corrected chi connectivity index (χ2v) is 6.11. The third-order valence-electron chi connectivity index (χ3n) is 3.94. The average molecular weight is 337 g/mol. The molecule has 0 aliphatic carbocycles. The lowest BCUT2D eigenvalue weighted by atomic mass is 10.1. The van der Waals surface area contributed by atoms with Gasteiger partial charge in [0.2, 0.25) is 0 Å². The second-order valence-electron chi connectivity index (χ2n) is 6.11. The molecule has 1 rings (SSSR count). The summed E-state index contributed by atoms with van der Waals surface area (Å²) in [7, 11) is 0. The number of aldehydes is 1. The highest BCUT2D eigenvalue weighted by atomic mass is 16.6. The number of hydrogen-bond acceptors (Lipinski definition) is 4. The molecule has 5 heteroatoms. The maximum Gasteiger partial charge on any atom is 0.407 e. The van der Waals surface area contributed by atoms with Crippen molar-refractivity contribution in [3.63, 3.8) is 0 Å². The molecule has 1 aromatic heterocycles. The first kappa shape index (κ1) is 20.3. The van der Waals surface area contributed by atoms with Crippen LogP contribution in [0.2, 0.25) is 0 Å². The lowest BCUT2D eigenvalue weighted by Crippen LogP contribution is -2.25. The Morgan fingerprint density at radius 3 is 2.25 bits per heavy atom. The summed E-state index contributed by atoms with van der Waals surface area (Å²) >= 11 is 0. The van der Waals surface area contributed by atoms with Crippen molar-refractivity contribution in [2.24, 2.45) is 0 Å². The summed E-state index contributed by atoms with van der Waals surface area (Å²) in [4.78, 5) is 22.0. The van der Waals surface area contributed by atoms with E-state index in [2.05, 4.69) is 12.2 Å². The van der Waals surface area contributed by atoms with Gasteiger partial charge in [0.05, 0.1) is 0 Å². The smallest absolute Gasteiger partial charge is 0.407 e. The van der Waals surface area contributed by atoms with Crippen LogP contribution < -0.4 is 5.32 Å². The number of ether oxygens (including phenoxy) is 1. The van der Waals surface area contributed by atoms with Gasteiger partial charge in [-0.15, -0.1) is 0 Å². The van der Waals surface area contributed by atoms with E-state index < -0.39 is 6.09 Å². The standard InChI is InChI=1S/C19H31NO4/c1-2-3-4-5-6-7-8-9-10-11-14-20-19(22)23-16-18-13-12-17(15-21)24-18/h12-13,15H,2-11,14,16H2,1H3,(H,20,22). The normalized spacial score (nSPS) is 10.5. The van der Waals surface area contributed by atoms with Gasteiger partial charge in [0.1, 0.15) is 5.76 Å². The third kappa shape index (κ3) is 10.1. The Kier molecular flexibility index (Phi) is 11.5. The molecule has 24 heavy (non-hydrogen) atoms. The zero-order valence-corrected chi connectivity index (χ0v) is 14.9. The van der Waals surface area contributed by atoms with E-state index in [1.807, 2.05) is 0 Å². The van der Waals surface area contributed by atoms with Gasteiger partial charge in [-0.1, -0.05) is 64.7 Å². The summed E-state index contributed by atoms with van der Waals surface area (Å²) in [6, 6.07) is 3.17. The average Bonchev–Trinajstić information content (AvgIpc) is 3.06. The molecule has 0 spiro atoms. The second kappa shape index (κ2) is 13.6. The Bertz CT molecular complexity index is 456. The van der Waals surface area contributed by atoms with Gasteiger partial charge in [-0.05, 0) is 18.6 Å². The molecule has 0 saturated carbocycles. The molecule has 0 fully saturated rings. The van der Waals surface area contributed by atoms with Crippen molar-refractivity contribution in [3.05, 3.63) is 23.7 Å². The summed E-state index contributed by atoms with van der Waals surface area (Å²) in [5.74, 6) is 0.700. The highest BCUT2D eigenvalue weighted by molar-refractivity contribution is 5.70. The van der Waals surface area contributed by atoms with E-state index in [0.717, 1.165) is 12.8 Å². The fourth-order valence-electron chi connectivity index (χ4n) is 2.53. The van der Waals surface area contributed by atoms with Crippen LogP contribution in [0.4, 0.5) is 4.79 Å². The number of rotatable bonds is 14. The zero-order chi connectivity index (χ0) is 17.5. The first-order valence-electron chi connectivity index (χ1n) is 9.20. The lowest BCUT2D eigenvalue weighted by molar-refractivity contribution is 0.109. The Labute approximate surface area is 145 Å². The number of hydrogen-bond donors (Lipinski definition) is 1. The molecular weight excluding hydrogens is 306 g/mol. The minimum Gasteiger partial charge on any atom is -0.455 e. The summed E-state index contributed by atoms with van der Waals surface area (Å²) in [6.07, 6.45) is 12.9. The van der Waals surface area contributed by atoms with Gasteiger partial charge < -0.3 is 14.5 Å². The molecular formula is C19H31NO4. The number of unbranched alkanes of at least 4 members (excludes halogenated alkanes) is 9. The molecule has 0 aromatic carbocycles. The molecule has 0 radical (unpaired) electrons. The maximum atomic E-state index is 11.5. The van der Waals surface area contributed by atoms with Crippen molar-refractivity contribution in [2.75, 3.05) is 6.54 Å². The van der Waals surface area contributed by atoms with Crippen molar-refractivity contribution in [2.45, 2.75) is 77.7 Å². The monoisotopic (exact) mass is 337 g/mol. The summed E-state index contributed by atoms with van der Waals surface area (Å²) < 4.78 is 10.1. The van der Waals surface area contributed by atoms with Gasteiger partial charge in [-0.25, -0.2) is 4.79 Å². The van der Waals surface area contributed by atoms with E-state index in [9.17, 15) is 9.59 Å². The Hall–Kier alpha value is -1.78. The minimum absolute atomic E-state index is 0.0394. The van der Waals surface area contributed by atoms with Crippen LogP contribution in [-0.2, 0) is 11.3 Å². The number of nitrogens with one attached hydrogen (secondary N) is 1. The van der Waals surface area contributed by atoms with Crippen LogP contribution in [-0.4, -0.2) is 18.9 Å². The first-order valence-corrected chi connectivity index (χ1v) is 9.20. The van der Waals surface area contributed by atoms with Crippen LogP contribution in [0, 0.1) is 0 Å². The number of carbonyl (C=O) groups is 2. The van der Waals surface area contributed by atoms with E-state index in [-0.39, 0.29) is 12.4 Å². The molecule has 0 aliphatic rings. The first-order chi connectivity index (χ1) is 11.8. The van der Waals surface area contributed by atoms with Crippen LogP contribution >= 0.6 is 0 Å². The van der Waals surface area contributed by atoms with Crippen LogP contribution in [0.25, 0.3) is 0 Å². The predicted octanol–water partition coefficient (Wildman–Crippen LogP) is 5.24. The fourth-order valence-corrected chi connectivity index (χ4v) is 2.53. The molecule has 1 aromatic rings. The zero-order valence-electron chi connectivity index (χ0n) is 14.9. The Morgan fingerprint density at radius 1 is 1.04 bits per heavy atom. The maximum absolute atomic E-state index is 11.5. The third-order valence-corrected chi connectivity index (χ3v) is 3.94.